The standard InChI is InChI=1S/C30H24ClN3O6S2/c1-39-20-11-7-18(8-12-20)32-22(35)15-33-29-26(42-30(33)38)23(16-3-5-17(31)6-4-16)24-25(41-29)28(37)34(27(24)36)19-9-13-21(40-2)14-10-19/h3-14,23-25H,15H2,1-2H3,(H,32,35)/t23-,24-,25+/m0/s1. The van der Waals surface area contributed by atoms with Crippen LogP contribution in [0.4, 0.5) is 11.4 Å². The summed E-state index contributed by atoms with van der Waals surface area (Å²) in [5.41, 5.74) is 1.75. The molecule has 3 aromatic carbocycles. The Labute approximate surface area is 254 Å². The fraction of sp³-hybridized carbons (Fsp3) is 0.200. The third kappa shape index (κ3) is 4.97. The highest BCUT2D eigenvalue weighted by Crippen LogP contribution is 2.54. The summed E-state index contributed by atoms with van der Waals surface area (Å²) in [6.07, 6.45) is 0. The lowest BCUT2D eigenvalue weighted by molar-refractivity contribution is -0.122. The number of benzene rings is 3. The van der Waals surface area contributed by atoms with Crippen molar-refractivity contribution < 1.29 is 23.9 Å². The normalized spacial score (nSPS) is 19.3. The number of fused-ring (bicyclic) bond motifs is 2. The molecule has 3 heterocycles. The van der Waals surface area contributed by atoms with Crippen LogP contribution in [0.15, 0.2) is 82.6 Å². The molecule has 0 spiro atoms. The zero-order valence-corrected chi connectivity index (χ0v) is 24.8. The summed E-state index contributed by atoms with van der Waals surface area (Å²) in [4.78, 5) is 55.6. The van der Waals surface area contributed by atoms with Crippen LogP contribution in [-0.4, -0.2) is 41.8 Å². The highest BCUT2D eigenvalue weighted by atomic mass is 35.5. The molecule has 0 bridgehead atoms. The highest BCUT2D eigenvalue weighted by molar-refractivity contribution is 8.00. The molecule has 1 N–H and O–H groups in total. The number of amides is 3. The quantitative estimate of drug-likeness (QED) is 0.289. The zero-order valence-electron chi connectivity index (χ0n) is 22.4. The van der Waals surface area contributed by atoms with E-state index in [0.717, 1.165) is 28.7 Å². The van der Waals surface area contributed by atoms with Crippen molar-refractivity contribution in [3.8, 4) is 11.5 Å². The minimum absolute atomic E-state index is 0.251. The Morgan fingerprint density at radius 1 is 0.881 bits per heavy atom. The number of thioether (sulfide) groups is 1. The lowest BCUT2D eigenvalue weighted by Crippen LogP contribution is -2.33. The molecule has 214 valence electrons. The summed E-state index contributed by atoms with van der Waals surface area (Å²) < 4.78 is 11.8. The number of imide groups is 1. The third-order valence-electron chi connectivity index (χ3n) is 7.28. The molecule has 3 amide bonds. The fourth-order valence-electron chi connectivity index (χ4n) is 5.29. The van der Waals surface area contributed by atoms with Crippen molar-refractivity contribution >= 4 is 63.8 Å². The molecular formula is C30H24ClN3O6S2. The summed E-state index contributed by atoms with van der Waals surface area (Å²) in [5.74, 6) is -1.21. The van der Waals surface area contributed by atoms with Crippen LogP contribution in [0.2, 0.25) is 5.02 Å². The second kappa shape index (κ2) is 11.3. The molecule has 0 radical (unpaired) electrons. The lowest BCUT2D eigenvalue weighted by Gasteiger charge is -2.30. The van der Waals surface area contributed by atoms with Crippen LogP contribution in [0.25, 0.3) is 0 Å². The van der Waals surface area contributed by atoms with E-state index in [4.69, 9.17) is 21.1 Å². The average molecular weight is 622 g/mol. The van der Waals surface area contributed by atoms with Crippen LogP contribution >= 0.6 is 34.7 Å². The van der Waals surface area contributed by atoms with Gasteiger partial charge in [-0.25, -0.2) is 4.90 Å². The molecule has 0 saturated carbocycles. The van der Waals surface area contributed by atoms with Crippen molar-refractivity contribution in [1.29, 1.82) is 0 Å². The van der Waals surface area contributed by atoms with Crippen molar-refractivity contribution in [1.82, 2.24) is 4.57 Å². The molecular weight excluding hydrogens is 598 g/mol. The highest BCUT2D eigenvalue weighted by Gasteiger charge is 2.56. The Bertz CT molecular complexity index is 1730. The maximum atomic E-state index is 14.0. The SMILES string of the molecule is COc1ccc(NC(=O)Cn2c3c(sc2=O)[C@@H](c2ccc(Cl)cc2)[C@@H]2C(=O)N(c4ccc(OC)cc4)C(=O)[C@@H]2S3)cc1. The number of hydrogen-bond acceptors (Lipinski definition) is 8. The first-order chi connectivity index (χ1) is 20.3. The van der Waals surface area contributed by atoms with E-state index in [2.05, 4.69) is 5.32 Å². The van der Waals surface area contributed by atoms with Gasteiger partial charge in [0.1, 0.15) is 23.3 Å². The molecule has 1 aromatic heterocycles. The Morgan fingerprint density at radius 3 is 2.12 bits per heavy atom. The molecule has 9 nitrogen and oxygen atoms in total. The molecule has 6 rings (SSSR count). The molecule has 4 aromatic rings. The predicted molar refractivity (Wildman–Crippen MR) is 162 cm³/mol. The van der Waals surface area contributed by atoms with Gasteiger partial charge in [-0.1, -0.05) is 46.8 Å². The number of thiazole rings is 1. The number of rotatable bonds is 7. The summed E-state index contributed by atoms with van der Waals surface area (Å²) in [6, 6.07) is 20.6. The number of nitrogens with one attached hydrogen (secondary N) is 1. The van der Waals surface area contributed by atoms with Gasteiger partial charge in [0.15, 0.2) is 0 Å². The Morgan fingerprint density at radius 2 is 1.50 bits per heavy atom. The Balaban J connectivity index is 1.37. The van der Waals surface area contributed by atoms with E-state index in [1.54, 1.807) is 67.8 Å². The molecule has 42 heavy (non-hydrogen) atoms. The predicted octanol–water partition coefficient (Wildman–Crippen LogP) is 5.01. The van der Waals surface area contributed by atoms with Gasteiger partial charge in [0.2, 0.25) is 17.7 Å². The number of anilines is 2. The molecule has 0 aliphatic carbocycles. The summed E-state index contributed by atoms with van der Waals surface area (Å²) in [7, 11) is 3.09. The van der Waals surface area contributed by atoms with Gasteiger partial charge in [0.25, 0.3) is 0 Å². The van der Waals surface area contributed by atoms with Gasteiger partial charge in [0, 0.05) is 21.5 Å². The number of ether oxygens (including phenoxy) is 2. The number of hydrogen-bond donors (Lipinski definition) is 1. The summed E-state index contributed by atoms with van der Waals surface area (Å²) in [5, 5.41) is 3.04. The van der Waals surface area contributed by atoms with Crippen molar-refractivity contribution in [3.63, 3.8) is 0 Å². The van der Waals surface area contributed by atoms with Crippen LogP contribution in [0.5, 0.6) is 11.5 Å². The van der Waals surface area contributed by atoms with Crippen LogP contribution < -0.4 is 24.6 Å². The second-order valence-electron chi connectivity index (χ2n) is 9.70. The first-order valence-electron chi connectivity index (χ1n) is 12.9. The smallest absolute Gasteiger partial charge is 0.308 e. The summed E-state index contributed by atoms with van der Waals surface area (Å²) in [6.45, 7) is -0.251. The van der Waals surface area contributed by atoms with Gasteiger partial charge in [-0.3, -0.25) is 23.7 Å². The van der Waals surface area contributed by atoms with Crippen LogP contribution in [0.3, 0.4) is 0 Å². The molecule has 2 aliphatic heterocycles. The van der Waals surface area contributed by atoms with Crippen LogP contribution in [0.1, 0.15) is 16.4 Å². The van der Waals surface area contributed by atoms with E-state index >= 15 is 0 Å². The first kappa shape index (κ1) is 28.1. The molecule has 12 heteroatoms. The number of halogens is 1. The van der Waals surface area contributed by atoms with Gasteiger partial charge < -0.3 is 14.8 Å². The van der Waals surface area contributed by atoms with E-state index in [1.807, 2.05) is 12.1 Å². The van der Waals surface area contributed by atoms with Gasteiger partial charge >= 0.3 is 4.87 Å². The number of carbonyl (C=O) groups excluding carboxylic acids is 3. The van der Waals surface area contributed by atoms with E-state index in [-0.39, 0.29) is 23.2 Å². The van der Waals surface area contributed by atoms with E-state index < -0.39 is 23.0 Å². The Kier molecular flexibility index (Phi) is 7.56. The number of nitrogens with zero attached hydrogens (tertiary/aromatic N) is 2. The molecule has 3 atom stereocenters. The Hall–Kier alpha value is -4.06. The molecule has 1 fully saturated rings. The number of carbonyl (C=O) groups is 3. The zero-order chi connectivity index (χ0) is 29.5. The summed E-state index contributed by atoms with van der Waals surface area (Å²) >= 11 is 8.32. The number of aromatic nitrogens is 1. The minimum Gasteiger partial charge on any atom is -0.497 e. The van der Waals surface area contributed by atoms with E-state index in [1.165, 1.54) is 16.6 Å². The topological polar surface area (TPSA) is 107 Å². The minimum atomic E-state index is -0.794. The lowest BCUT2D eigenvalue weighted by atomic mass is 9.83. The van der Waals surface area contributed by atoms with E-state index in [0.29, 0.717) is 37.8 Å². The number of methoxy groups -OCH3 is 2. The van der Waals surface area contributed by atoms with Crippen molar-refractivity contribution in [2.45, 2.75) is 22.7 Å². The van der Waals surface area contributed by atoms with Crippen molar-refractivity contribution in [3.05, 3.63) is 97.9 Å². The van der Waals surface area contributed by atoms with Crippen molar-refractivity contribution in [2.24, 2.45) is 5.92 Å². The van der Waals surface area contributed by atoms with Gasteiger partial charge in [0.05, 0.1) is 30.9 Å². The molecule has 2 aliphatic rings. The maximum Gasteiger partial charge on any atom is 0.308 e. The van der Waals surface area contributed by atoms with Gasteiger partial charge in [-0.2, -0.15) is 0 Å². The largest absolute Gasteiger partial charge is 0.497 e. The fourth-order valence-corrected chi connectivity index (χ4v) is 8.19. The van der Waals surface area contributed by atoms with E-state index in [9.17, 15) is 19.2 Å². The first-order valence-corrected chi connectivity index (χ1v) is 15.0. The maximum absolute atomic E-state index is 14.0. The van der Waals surface area contributed by atoms with Crippen LogP contribution in [-0.2, 0) is 20.9 Å². The average Bonchev–Trinajstić information content (AvgIpc) is 3.44. The van der Waals surface area contributed by atoms with Crippen molar-refractivity contribution in [2.75, 3.05) is 24.4 Å². The second-order valence-corrected chi connectivity index (χ2v) is 12.3. The van der Waals surface area contributed by atoms with Gasteiger partial charge in [-0.15, -0.1) is 0 Å². The van der Waals surface area contributed by atoms with Crippen LogP contribution in [0, 0.1) is 5.92 Å². The molecule has 1 saturated heterocycles. The van der Waals surface area contributed by atoms with Gasteiger partial charge in [-0.05, 0) is 66.2 Å². The molecule has 0 unspecified atom stereocenters. The third-order valence-corrected chi connectivity index (χ3v) is 10.1. The monoisotopic (exact) mass is 621 g/mol.